The molecule has 0 saturated carbocycles. The van der Waals surface area contributed by atoms with Crippen LogP contribution in [0.4, 0.5) is 0 Å². The van der Waals surface area contributed by atoms with Gasteiger partial charge in [-0.25, -0.2) is 0 Å². The first-order chi connectivity index (χ1) is 10.6. The van der Waals surface area contributed by atoms with E-state index in [9.17, 15) is 9.59 Å². The lowest BCUT2D eigenvalue weighted by molar-refractivity contribution is -0.132. The molecule has 1 saturated heterocycles. The van der Waals surface area contributed by atoms with Crippen LogP contribution < -0.4 is 0 Å². The summed E-state index contributed by atoms with van der Waals surface area (Å²) < 4.78 is 1.65. The third-order valence-electron chi connectivity index (χ3n) is 4.43. The topological polar surface area (TPSA) is 42.3 Å². The van der Waals surface area contributed by atoms with Crippen LogP contribution in [0.2, 0.25) is 0 Å². The van der Waals surface area contributed by atoms with E-state index in [1.165, 1.54) is 6.42 Å². The molecule has 0 bridgehead atoms. The Bertz CT molecular complexity index is 689. The van der Waals surface area contributed by atoms with Crippen molar-refractivity contribution in [3.05, 3.63) is 36.5 Å². The standard InChI is InChI=1S/C18H22N2O2/c1-14-5-4-11-19(13-14)17(21)8-9-18(22)20-12-10-15-6-2-3-7-16(15)20/h2-3,6-7,10,12,14H,4-5,8-9,11,13H2,1H3. The average Bonchev–Trinajstić information content (AvgIpc) is 2.96. The van der Waals surface area contributed by atoms with Gasteiger partial charge in [0.25, 0.3) is 0 Å². The lowest BCUT2D eigenvalue weighted by atomic mass is 10.00. The van der Waals surface area contributed by atoms with Crippen LogP contribution in [0.3, 0.4) is 0 Å². The van der Waals surface area contributed by atoms with Gasteiger partial charge in [-0.1, -0.05) is 25.1 Å². The highest BCUT2D eigenvalue weighted by molar-refractivity contribution is 5.93. The van der Waals surface area contributed by atoms with E-state index in [-0.39, 0.29) is 18.2 Å². The van der Waals surface area contributed by atoms with E-state index in [1.807, 2.05) is 35.2 Å². The van der Waals surface area contributed by atoms with Crippen LogP contribution in [0.15, 0.2) is 36.5 Å². The van der Waals surface area contributed by atoms with Gasteiger partial charge in [-0.05, 0) is 30.9 Å². The summed E-state index contributed by atoms with van der Waals surface area (Å²) in [5.41, 5.74) is 0.909. The molecule has 1 fully saturated rings. The van der Waals surface area contributed by atoms with E-state index in [0.29, 0.717) is 12.3 Å². The van der Waals surface area contributed by atoms with Crippen molar-refractivity contribution >= 4 is 22.7 Å². The summed E-state index contributed by atoms with van der Waals surface area (Å²) >= 11 is 0. The predicted molar refractivity (Wildman–Crippen MR) is 86.8 cm³/mol. The van der Waals surface area contributed by atoms with Gasteiger partial charge in [0.15, 0.2) is 0 Å². The number of nitrogens with zero attached hydrogens (tertiary/aromatic N) is 2. The Morgan fingerprint density at radius 1 is 1.14 bits per heavy atom. The first-order valence-electron chi connectivity index (χ1n) is 8.02. The fourth-order valence-electron chi connectivity index (χ4n) is 3.21. The molecule has 116 valence electrons. The number of amides is 1. The average molecular weight is 298 g/mol. The molecule has 1 amide bonds. The van der Waals surface area contributed by atoms with Crippen molar-refractivity contribution in [3.63, 3.8) is 0 Å². The van der Waals surface area contributed by atoms with E-state index in [4.69, 9.17) is 0 Å². The lowest BCUT2D eigenvalue weighted by Crippen LogP contribution is -2.39. The summed E-state index contributed by atoms with van der Waals surface area (Å²) in [6.45, 7) is 3.85. The number of piperidine rings is 1. The van der Waals surface area contributed by atoms with Crippen molar-refractivity contribution in [2.75, 3.05) is 13.1 Å². The van der Waals surface area contributed by atoms with Gasteiger partial charge in [0, 0.05) is 37.5 Å². The molecule has 4 nitrogen and oxygen atoms in total. The number of carbonyl (C=O) groups excluding carboxylic acids is 2. The number of rotatable bonds is 3. The van der Waals surface area contributed by atoms with Gasteiger partial charge in [0.1, 0.15) is 0 Å². The molecule has 1 aromatic heterocycles. The SMILES string of the molecule is CC1CCCN(C(=O)CCC(=O)n2ccc3ccccc32)C1. The van der Waals surface area contributed by atoms with Gasteiger partial charge in [0.05, 0.1) is 5.52 Å². The molecule has 1 atom stereocenters. The first-order valence-corrected chi connectivity index (χ1v) is 8.02. The van der Waals surface area contributed by atoms with Crippen LogP contribution >= 0.6 is 0 Å². The third-order valence-corrected chi connectivity index (χ3v) is 4.43. The minimum absolute atomic E-state index is 0.0143. The number of para-hydroxylation sites is 1. The monoisotopic (exact) mass is 298 g/mol. The van der Waals surface area contributed by atoms with Crippen LogP contribution in [0, 0.1) is 5.92 Å². The molecule has 22 heavy (non-hydrogen) atoms. The number of carbonyl (C=O) groups is 2. The number of benzene rings is 1. The van der Waals surface area contributed by atoms with E-state index in [2.05, 4.69) is 6.92 Å². The van der Waals surface area contributed by atoms with E-state index >= 15 is 0 Å². The van der Waals surface area contributed by atoms with Crippen molar-refractivity contribution < 1.29 is 9.59 Å². The second-order valence-electron chi connectivity index (χ2n) is 6.23. The molecular weight excluding hydrogens is 276 g/mol. The molecule has 0 spiro atoms. The van der Waals surface area contributed by atoms with Crippen molar-refractivity contribution in [2.24, 2.45) is 5.92 Å². The molecule has 2 heterocycles. The quantitative estimate of drug-likeness (QED) is 0.872. The van der Waals surface area contributed by atoms with Crippen LogP contribution in [0.25, 0.3) is 10.9 Å². The fraction of sp³-hybridized carbons (Fsp3) is 0.444. The molecule has 1 unspecified atom stereocenters. The minimum atomic E-state index is -0.0143. The largest absolute Gasteiger partial charge is 0.342 e. The number of hydrogen-bond acceptors (Lipinski definition) is 2. The van der Waals surface area contributed by atoms with Gasteiger partial charge in [-0.2, -0.15) is 0 Å². The molecule has 2 aromatic rings. The van der Waals surface area contributed by atoms with E-state index in [0.717, 1.165) is 30.4 Å². The van der Waals surface area contributed by atoms with Crippen molar-refractivity contribution in [2.45, 2.75) is 32.6 Å². The summed E-state index contributed by atoms with van der Waals surface area (Å²) in [4.78, 5) is 26.5. The maximum Gasteiger partial charge on any atom is 0.231 e. The Labute approximate surface area is 130 Å². The van der Waals surface area contributed by atoms with Crippen LogP contribution in [0.1, 0.15) is 37.4 Å². The molecule has 3 rings (SSSR count). The Balaban J connectivity index is 1.61. The van der Waals surface area contributed by atoms with Crippen molar-refractivity contribution in [1.82, 2.24) is 9.47 Å². The zero-order chi connectivity index (χ0) is 15.5. The van der Waals surface area contributed by atoms with Crippen LogP contribution in [-0.4, -0.2) is 34.4 Å². The second kappa shape index (κ2) is 6.34. The molecular formula is C18H22N2O2. The zero-order valence-corrected chi connectivity index (χ0v) is 13.0. The molecule has 0 radical (unpaired) electrons. The number of aromatic nitrogens is 1. The Hall–Kier alpha value is -2.10. The van der Waals surface area contributed by atoms with Crippen molar-refractivity contribution in [3.8, 4) is 0 Å². The maximum atomic E-state index is 12.4. The molecule has 0 aliphatic carbocycles. The normalized spacial score (nSPS) is 18.6. The molecule has 1 aliphatic heterocycles. The van der Waals surface area contributed by atoms with Gasteiger partial charge < -0.3 is 4.90 Å². The van der Waals surface area contributed by atoms with Gasteiger partial charge in [-0.15, -0.1) is 0 Å². The first kappa shape index (κ1) is 14.8. The summed E-state index contributed by atoms with van der Waals surface area (Å²) in [6, 6.07) is 9.73. The van der Waals surface area contributed by atoms with E-state index in [1.54, 1.807) is 10.8 Å². The zero-order valence-electron chi connectivity index (χ0n) is 13.0. The predicted octanol–water partition coefficient (Wildman–Crippen LogP) is 3.32. The lowest BCUT2D eigenvalue weighted by Gasteiger charge is -2.31. The Kier molecular flexibility index (Phi) is 4.27. The van der Waals surface area contributed by atoms with Crippen molar-refractivity contribution in [1.29, 1.82) is 0 Å². The highest BCUT2D eigenvalue weighted by Crippen LogP contribution is 2.18. The van der Waals surface area contributed by atoms with E-state index < -0.39 is 0 Å². The molecule has 1 aromatic carbocycles. The van der Waals surface area contributed by atoms with Crippen LogP contribution in [0.5, 0.6) is 0 Å². The molecule has 1 aliphatic rings. The maximum absolute atomic E-state index is 12.4. The Morgan fingerprint density at radius 2 is 1.91 bits per heavy atom. The number of fused-ring (bicyclic) bond motifs is 1. The summed E-state index contributed by atoms with van der Waals surface area (Å²) in [6.07, 6.45) is 4.63. The molecule has 0 N–H and O–H groups in total. The van der Waals surface area contributed by atoms with Gasteiger partial charge in [-0.3, -0.25) is 14.2 Å². The summed E-state index contributed by atoms with van der Waals surface area (Å²) in [5, 5.41) is 1.05. The van der Waals surface area contributed by atoms with Gasteiger partial charge in [0.2, 0.25) is 11.8 Å². The van der Waals surface area contributed by atoms with Gasteiger partial charge >= 0.3 is 0 Å². The highest BCUT2D eigenvalue weighted by atomic mass is 16.2. The smallest absolute Gasteiger partial charge is 0.231 e. The third kappa shape index (κ3) is 3.06. The van der Waals surface area contributed by atoms with Crippen LogP contribution in [-0.2, 0) is 4.79 Å². The molecule has 4 heteroatoms. The fourth-order valence-corrected chi connectivity index (χ4v) is 3.21. The number of likely N-dealkylation sites (tertiary alicyclic amines) is 1. The minimum Gasteiger partial charge on any atom is -0.342 e. The summed E-state index contributed by atoms with van der Waals surface area (Å²) in [5.74, 6) is 0.665. The second-order valence-corrected chi connectivity index (χ2v) is 6.23. The highest BCUT2D eigenvalue weighted by Gasteiger charge is 2.21. The number of hydrogen-bond donors (Lipinski definition) is 0. The Morgan fingerprint density at radius 3 is 2.73 bits per heavy atom. The summed E-state index contributed by atoms with van der Waals surface area (Å²) in [7, 11) is 0.